The molecule has 1 N–H and O–H groups in total. The van der Waals surface area contributed by atoms with E-state index in [9.17, 15) is 9.59 Å². The van der Waals surface area contributed by atoms with Crippen LogP contribution in [0.2, 0.25) is 0 Å². The second-order valence-electron chi connectivity index (χ2n) is 11.4. The van der Waals surface area contributed by atoms with Gasteiger partial charge in [0.15, 0.2) is 5.78 Å². The van der Waals surface area contributed by atoms with Gasteiger partial charge in [-0.15, -0.1) is 0 Å². The lowest BCUT2D eigenvalue weighted by molar-refractivity contribution is -0.157. The van der Waals surface area contributed by atoms with Crippen LogP contribution in [0.4, 0.5) is 0 Å². The van der Waals surface area contributed by atoms with E-state index < -0.39 is 5.97 Å². The number of Topliss-reactive ketones (excluding diaryl/α,β-unsaturated/α-hetero) is 1. The molecule has 0 saturated heterocycles. The fourth-order valence-electron chi connectivity index (χ4n) is 8.78. The molecule has 5 unspecified atom stereocenters. The number of hydrogen-bond acceptors (Lipinski definition) is 2. The largest absolute Gasteiger partial charge is 0.481 e. The van der Waals surface area contributed by atoms with Crippen LogP contribution in [0.25, 0.3) is 0 Å². The SMILES string of the molecule is C/C=C1\C(=O)C2C(CC[C@]3(C)C(CCCC(=O)O)CCC23)C2(C)CCCC[C@@]12C. The van der Waals surface area contributed by atoms with Crippen molar-refractivity contribution in [3.05, 3.63) is 11.6 Å². The molecule has 0 aliphatic heterocycles. The number of ketones is 1. The van der Waals surface area contributed by atoms with Gasteiger partial charge in [-0.3, -0.25) is 9.59 Å². The van der Waals surface area contributed by atoms with Crippen molar-refractivity contribution in [2.75, 3.05) is 0 Å². The van der Waals surface area contributed by atoms with Crippen LogP contribution in [-0.4, -0.2) is 16.9 Å². The highest BCUT2D eigenvalue weighted by Crippen LogP contribution is 2.71. The van der Waals surface area contributed by atoms with Crippen LogP contribution in [0, 0.1) is 39.9 Å². The first-order chi connectivity index (χ1) is 13.7. The molecule has 0 aromatic rings. The maximum atomic E-state index is 13.9. The second kappa shape index (κ2) is 7.24. The average molecular weight is 401 g/mol. The molecule has 0 heterocycles. The quantitative estimate of drug-likeness (QED) is 0.554. The summed E-state index contributed by atoms with van der Waals surface area (Å²) in [6.07, 6.45) is 14.0. The van der Waals surface area contributed by atoms with Crippen LogP contribution in [-0.2, 0) is 9.59 Å². The summed E-state index contributed by atoms with van der Waals surface area (Å²) < 4.78 is 0. The minimum atomic E-state index is -0.682. The van der Waals surface area contributed by atoms with E-state index in [1.54, 1.807) is 0 Å². The van der Waals surface area contributed by atoms with Crippen molar-refractivity contribution in [3.8, 4) is 0 Å². The zero-order valence-corrected chi connectivity index (χ0v) is 18.9. The molecule has 0 aromatic heterocycles. The predicted molar refractivity (Wildman–Crippen MR) is 115 cm³/mol. The van der Waals surface area contributed by atoms with E-state index in [2.05, 4.69) is 33.8 Å². The smallest absolute Gasteiger partial charge is 0.303 e. The minimum absolute atomic E-state index is 0.0471. The Morgan fingerprint density at radius 3 is 2.48 bits per heavy atom. The molecule has 4 saturated carbocycles. The van der Waals surface area contributed by atoms with Crippen LogP contribution in [0.1, 0.15) is 98.3 Å². The average Bonchev–Trinajstić information content (AvgIpc) is 2.99. The Morgan fingerprint density at radius 2 is 1.79 bits per heavy atom. The Kier molecular flexibility index (Phi) is 5.27. The number of fused-ring (bicyclic) bond motifs is 5. The lowest BCUT2D eigenvalue weighted by Crippen LogP contribution is -2.61. The van der Waals surface area contributed by atoms with Gasteiger partial charge in [0.05, 0.1) is 0 Å². The Bertz CT molecular complexity index is 723. The second-order valence-corrected chi connectivity index (χ2v) is 11.4. The maximum Gasteiger partial charge on any atom is 0.303 e. The third kappa shape index (κ3) is 2.89. The molecule has 0 bridgehead atoms. The van der Waals surface area contributed by atoms with E-state index in [1.807, 2.05) is 0 Å². The Morgan fingerprint density at radius 1 is 1.07 bits per heavy atom. The highest BCUT2D eigenvalue weighted by atomic mass is 16.4. The van der Waals surface area contributed by atoms with Crippen LogP contribution in [0.5, 0.6) is 0 Å². The van der Waals surface area contributed by atoms with Crippen LogP contribution >= 0.6 is 0 Å². The third-order valence-corrected chi connectivity index (χ3v) is 10.6. The molecule has 29 heavy (non-hydrogen) atoms. The number of carboxylic acid groups (broad SMARTS) is 1. The van der Waals surface area contributed by atoms with Crippen molar-refractivity contribution in [1.29, 1.82) is 0 Å². The fourth-order valence-corrected chi connectivity index (χ4v) is 8.78. The summed E-state index contributed by atoms with van der Waals surface area (Å²) in [5, 5.41) is 9.04. The van der Waals surface area contributed by atoms with Crippen molar-refractivity contribution < 1.29 is 14.7 Å². The first-order valence-electron chi connectivity index (χ1n) is 12.1. The number of carbonyl (C=O) groups excluding carboxylic acids is 1. The Labute approximate surface area is 176 Å². The summed E-state index contributed by atoms with van der Waals surface area (Å²) in [4.78, 5) is 24.9. The van der Waals surface area contributed by atoms with Gasteiger partial charge >= 0.3 is 5.97 Å². The molecule has 0 radical (unpaired) electrons. The molecule has 0 amide bonds. The van der Waals surface area contributed by atoms with Gasteiger partial charge < -0.3 is 5.11 Å². The molecule has 0 aromatic carbocycles. The first-order valence-corrected chi connectivity index (χ1v) is 12.1. The van der Waals surface area contributed by atoms with Crippen molar-refractivity contribution in [2.45, 2.75) is 98.3 Å². The van der Waals surface area contributed by atoms with Crippen molar-refractivity contribution in [3.63, 3.8) is 0 Å². The van der Waals surface area contributed by atoms with Gasteiger partial charge in [-0.05, 0) is 92.4 Å². The molecule has 4 aliphatic carbocycles. The number of allylic oxidation sites excluding steroid dienone is 2. The highest BCUT2D eigenvalue weighted by Gasteiger charge is 2.66. The molecule has 4 rings (SSSR count). The lowest BCUT2D eigenvalue weighted by Gasteiger charge is -2.64. The topological polar surface area (TPSA) is 54.4 Å². The minimum Gasteiger partial charge on any atom is -0.481 e. The Hall–Kier alpha value is -1.12. The Balaban J connectivity index is 1.65. The summed E-state index contributed by atoms with van der Waals surface area (Å²) in [6.45, 7) is 9.43. The summed E-state index contributed by atoms with van der Waals surface area (Å²) in [7, 11) is 0. The van der Waals surface area contributed by atoms with E-state index in [4.69, 9.17) is 5.11 Å². The molecule has 3 nitrogen and oxygen atoms in total. The summed E-state index contributed by atoms with van der Waals surface area (Å²) in [6, 6.07) is 0. The summed E-state index contributed by atoms with van der Waals surface area (Å²) in [5.41, 5.74) is 1.65. The van der Waals surface area contributed by atoms with E-state index in [0.29, 0.717) is 23.5 Å². The van der Waals surface area contributed by atoms with E-state index in [0.717, 1.165) is 31.3 Å². The molecule has 4 fully saturated rings. The lowest BCUT2D eigenvalue weighted by atomic mass is 9.39. The van der Waals surface area contributed by atoms with Gasteiger partial charge in [0, 0.05) is 17.8 Å². The molecular weight excluding hydrogens is 360 g/mol. The molecule has 0 spiro atoms. The van der Waals surface area contributed by atoms with Crippen LogP contribution < -0.4 is 0 Å². The van der Waals surface area contributed by atoms with Crippen molar-refractivity contribution >= 4 is 11.8 Å². The predicted octanol–water partition coefficient (Wildman–Crippen LogP) is 6.42. The maximum absolute atomic E-state index is 13.9. The number of rotatable bonds is 4. The van der Waals surface area contributed by atoms with Gasteiger partial charge in [0.1, 0.15) is 0 Å². The van der Waals surface area contributed by atoms with E-state index in [-0.39, 0.29) is 28.6 Å². The fraction of sp³-hybridized carbons (Fsp3) is 0.846. The van der Waals surface area contributed by atoms with Gasteiger partial charge in [-0.2, -0.15) is 0 Å². The van der Waals surface area contributed by atoms with E-state index in [1.165, 1.54) is 38.5 Å². The number of carbonyl (C=O) groups is 2. The monoisotopic (exact) mass is 400 g/mol. The molecule has 3 heteroatoms. The normalized spacial score (nSPS) is 48.1. The standard InChI is InChI=1S/C26H40O3/c1-5-18-23(29)22-19-12-11-17(9-8-10-21(27)28)24(19,2)16-13-20(22)26(4)15-7-6-14-25(18,26)3/h5,17,19-20,22H,6-16H2,1-4H3,(H,27,28)/b18-5+/t17?,19?,20?,22?,24-,25+,26?/m1/s1. The first kappa shape index (κ1) is 21.1. The molecule has 162 valence electrons. The van der Waals surface area contributed by atoms with Gasteiger partial charge in [0.25, 0.3) is 0 Å². The van der Waals surface area contributed by atoms with Crippen molar-refractivity contribution in [2.24, 2.45) is 39.9 Å². The van der Waals surface area contributed by atoms with E-state index >= 15 is 0 Å². The third-order valence-electron chi connectivity index (χ3n) is 10.6. The molecule has 4 aliphatic rings. The van der Waals surface area contributed by atoms with Crippen LogP contribution in [0.3, 0.4) is 0 Å². The zero-order chi connectivity index (χ0) is 21.0. The summed E-state index contributed by atoms with van der Waals surface area (Å²) >= 11 is 0. The summed E-state index contributed by atoms with van der Waals surface area (Å²) in [5.74, 6) is 1.59. The number of aliphatic carboxylic acids is 1. The van der Waals surface area contributed by atoms with Gasteiger partial charge in [-0.25, -0.2) is 0 Å². The molecule has 7 atom stereocenters. The number of carboxylic acids is 1. The van der Waals surface area contributed by atoms with Gasteiger partial charge in [0.2, 0.25) is 0 Å². The van der Waals surface area contributed by atoms with Crippen molar-refractivity contribution in [1.82, 2.24) is 0 Å². The van der Waals surface area contributed by atoms with Crippen LogP contribution in [0.15, 0.2) is 11.6 Å². The molecular formula is C26H40O3. The zero-order valence-electron chi connectivity index (χ0n) is 18.9. The number of hydrogen-bond donors (Lipinski definition) is 1. The van der Waals surface area contributed by atoms with Gasteiger partial charge in [-0.1, -0.05) is 39.7 Å². The highest BCUT2D eigenvalue weighted by molar-refractivity contribution is 6.00.